The summed E-state index contributed by atoms with van der Waals surface area (Å²) in [7, 11) is 0. The van der Waals surface area contributed by atoms with Crippen LogP contribution in [-0.2, 0) is 9.53 Å². The summed E-state index contributed by atoms with van der Waals surface area (Å²) in [6, 6.07) is 12.1. The van der Waals surface area contributed by atoms with Crippen molar-refractivity contribution in [2.24, 2.45) is 0 Å². The molecule has 0 aliphatic rings. The number of rotatable bonds is 9. The molecule has 33 heavy (non-hydrogen) atoms. The summed E-state index contributed by atoms with van der Waals surface area (Å²) in [5.41, 5.74) is 0.367. The number of carbonyl (C=O) groups excluding carboxylic acids is 1. The first-order chi connectivity index (χ1) is 16.0. The number of aromatic nitrogens is 2. The molecular weight excluding hydrogens is 444 g/mol. The predicted molar refractivity (Wildman–Crippen MR) is 125 cm³/mol. The second kappa shape index (κ2) is 11.3. The van der Waals surface area contributed by atoms with Crippen LogP contribution in [-0.4, -0.2) is 35.1 Å². The standard InChI is InChI=1S/C24H23ClN4O4/c1-3-32-13-7-11-27-22(30)17(15-26)14-18-23(33-20-10-5-4-9-19(20)25)28-21-16(2)8-6-12-29(21)24(18)31/h4-6,8-10,12,14H,3,7,11,13H2,1-2H3,(H,27,30). The molecular formula is C24H23ClN4O4. The van der Waals surface area contributed by atoms with E-state index >= 15 is 0 Å². The zero-order valence-electron chi connectivity index (χ0n) is 18.3. The highest BCUT2D eigenvalue weighted by Crippen LogP contribution is 2.30. The molecule has 0 saturated carbocycles. The number of amides is 1. The van der Waals surface area contributed by atoms with Crippen LogP contribution >= 0.6 is 11.6 Å². The van der Waals surface area contributed by atoms with Crippen molar-refractivity contribution in [3.63, 3.8) is 0 Å². The van der Waals surface area contributed by atoms with E-state index in [-0.39, 0.29) is 22.8 Å². The van der Waals surface area contributed by atoms with Gasteiger partial charge in [0, 0.05) is 26.0 Å². The van der Waals surface area contributed by atoms with Crippen molar-refractivity contribution in [2.75, 3.05) is 19.8 Å². The fraction of sp³-hybridized carbons (Fsp3) is 0.250. The van der Waals surface area contributed by atoms with E-state index in [0.29, 0.717) is 36.8 Å². The minimum absolute atomic E-state index is 0.0426. The van der Waals surface area contributed by atoms with Gasteiger partial charge in [-0.2, -0.15) is 10.2 Å². The normalized spacial score (nSPS) is 11.3. The third-order valence-corrected chi connectivity index (χ3v) is 5.01. The van der Waals surface area contributed by atoms with E-state index in [0.717, 1.165) is 5.56 Å². The van der Waals surface area contributed by atoms with Gasteiger partial charge in [0.25, 0.3) is 11.5 Å². The van der Waals surface area contributed by atoms with E-state index in [4.69, 9.17) is 21.1 Å². The lowest BCUT2D eigenvalue weighted by Crippen LogP contribution is -2.27. The van der Waals surface area contributed by atoms with E-state index in [2.05, 4.69) is 10.3 Å². The van der Waals surface area contributed by atoms with E-state index in [1.165, 1.54) is 10.5 Å². The topological polar surface area (TPSA) is 106 Å². The van der Waals surface area contributed by atoms with Gasteiger partial charge >= 0.3 is 0 Å². The van der Waals surface area contributed by atoms with Gasteiger partial charge < -0.3 is 14.8 Å². The number of fused-ring (bicyclic) bond motifs is 1. The second-order valence-corrected chi connectivity index (χ2v) is 7.44. The Labute approximate surface area is 196 Å². The SMILES string of the molecule is CCOCCCNC(=O)C(C#N)=Cc1c(Oc2ccccc2Cl)nc2c(C)cccn2c1=O. The van der Waals surface area contributed by atoms with Crippen molar-refractivity contribution in [2.45, 2.75) is 20.3 Å². The minimum Gasteiger partial charge on any atom is -0.437 e. The molecule has 8 nitrogen and oxygen atoms in total. The smallest absolute Gasteiger partial charge is 0.269 e. The number of para-hydroxylation sites is 1. The first-order valence-corrected chi connectivity index (χ1v) is 10.8. The molecule has 0 radical (unpaired) electrons. The summed E-state index contributed by atoms with van der Waals surface area (Å²) in [6.07, 6.45) is 3.35. The maximum atomic E-state index is 13.3. The maximum absolute atomic E-state index is 13.3. The van der Waals surface area contributed by atoms with E-state index in [9.17, 15) is 14.9 Å². The summed E-state index contributed by atoms with van der Waals surface area (Å²) in [6.45, 7) is 5.11. The van der Waals surface area contributed by atoms with Gasteiger partial charge in [0.2, 0.25) is 5.88 Å². The van der Waals surface area contributed by atoms with Crippen LogP contribution in [0.15, 0.2) is 53.0 Å². The molecule has 1 N–H and O–H groups in total. The molecule has 1 amide bonds. The summed E-state index contributed by atoms with van der Waals surface area (Å²) in [5.74, 6) is -0.372. The van der Waals surface area contributed by atoms with Gasteiger partial charge in [-0.3, -0.25) is 14.0 Å². The molecule has 0 saturated heterocycles. The zero-order chi connectivity index (χ0) is 23.8. The molecule has 0 fully saturated rings. The molecule has 3 aromatic rings. The Hall–Kier alpha value is -3.67. The van der Waals surface area contributed by atoms with Gasteiger partial charge in [-0.15, -0.1) is 0 Å². The Kier molecular flexibility index (Phi) is 8.19. The number of ether oxygens (including phenoxy) is 2. The largest absolute Gasteiger partial charge is 0.437 e. The molecule has 0 spiro atoms. The van der Waals surface area contributed by atoms with Crippen LogP contribution in [0.2, 0.25) is 5.02 Å². The van der Waals surface area contributed by atoms with Gasteiger partial charge in [0.15, 0.2) is 0 Å². The Bertz CT molecular complexity index is 1290. The molecule has 1 aromatic carbocycles. The van der Waals surface area contributed by atoms with Crippen LogP contribution in [0, 0.1) is 18.3 Å². The van der Waals surface area contributed by atoms with E-state index in [1.807, 2.05) is 26.0 Å². The number of hydrogen-bond donors (Lipinski definition) is 1. The van der Waals surface area contributed by atoms with Gasteiger partial charge in [-0.1, -0.05) is 29.8 Å². The molecule has 0 aliphatic carbocycles. The fourth-order valence-electron chi connectivity index (χ4n) is 3.03. The fourth-order valence-corrected chi connectivity index (χ4v) is 3.21. The Balaban J connectivity index is 2.05. The number of nitriles is 1. The Morgan fingerprint density at radius 1 is 1.30 bits per heavy atom. The molecule has 2 heterocycles. The van der Waals surface area contributed by atoms with Crippen LogP contribution in [0.4, 0.5) is 0 Å². The number of benzene rings is 1. The summed E-state index contributed by atoms with van der Waals surface area (Å²) in [5, 5.41) is 12.6. The molecule has 0 atom stereocenters. The van der Waals surface area contributed by atoms with E-state index in [1.54, 1.807) is 36.5 Å². The van der Waals surface area contributed by atoms with Gasteiger partial charge in [-0.05, 0) is 50.1 Å². The molecule has 2 aromatic heterocycles. The number of pyridine rings is 1. The monoisotopic (exact) mass is 466 g/mol. The van der Waals surface area contributed by atoms with Crippen molar-refractivity contribution < 1.29 is 14.3 Å². The summed E-state index contributed by atoms with van der Waals surface area (Å²) >= 11 is 6.21. The highest BCUT2D eigenvalue weighted by Gasteiger charge is 2.18. The van der Waals surface area contributed by atoms with Gasteiger partial charge in [-0.25, -0.2) is 0 Å². The zero-order valence-corrected chi connectivity index (χ0v) is 19.1. The number of carbonyl (C=O) groups is 1. The Morgan fingerprint density at radius 2 is 2.09 bits per heavy atom. The van der Waals surface area contributed by atoms with Gasteiger partial charge in [0.05, 0.1) is 5.02 Å². The van der Waals surface area contributed by atoms with Crippen LogP contribution in [0.5, 0.6) is 11.6 Å². The van der Waals surface area contributed by atoms with Gasteiger partial charge in [0.1, 0.15) is 28.6 Å². The molecule has 0 unspecified atom stereocenters. The lowest BCUT2D eigenvalue weighted by Gasteiger charge is -2.12. The molecule has 0 aliphatic heterocycles. The van der Waals surface area contributed by atoms with Crippen molar-refractivity contribution in [1.82, 2.24) is 14.7 Å². The number of nitrogens with one attached hydrogen (secondary N) is 1. The molecule has 0 bridgehead atoms. The summed E-state index contributed by atoms with van der Waals surface area (Å²) < 4.78 is 12.5. The van der Waals surface area contributed by atoms with Crippen molar-refractivity contribution in [3.8, 4) is 17.7 Å². The molecule has 170 valence electrons. The molecule has 9 heteroatoms. The lowest BCUT2D eigenvalue weighted by atomic mass is 10.1. The van der Waals surface area contributed by atoms with Crippen molar-refractivity contribution in [3.05, 3.63) is 74.7 Å². The highest BCUT2D eigenvalue weighted by molar-refractivity contribution is 6.32. The lowest BCUT2D eigenvalue weighted by molar-refractivity contribution is -0.117. The second-order valence-electron chi connectivity index (χ2n) is 7.03. The first-order valence-electron chi connectivity index (χ1n) is 10.4. The Morgan fingerprint density at radius 3 is 2.82 bits per heavy atom. The first kappa shape index (κ1) is 24.0. The number of hydrogen-bond acceptors (Lipinski definition) is 6. The number of halogens is 1. The third kappa shape index (κ3) is 5.77. The van der Waals surface area contributed by atoms with Crippen LogP contribution in [0.3, 0.4) is 0 Å². The van der Waals surface area contributed by atoms with Crippen molar-refractivity contribution >= 4 is 29.2 Å². The third-order valence-electron chi connectivity index (χ3n) is 4.70. The number of nitrogens with zero attached hydrogens (tertiary/aromatic N) is 3. The highest BCUT2D eigenvalue weighted by atomic mass is 35.5. The van der Waals surface area contributed by atoms with Crippen LogP contribution in [0.25, 0.3) is 11.7 Å². The summed E-state index contributed by atoms with van der Waals surface area (Å²) in [4.78, 5) is 30.3. The van der Waals surface area contributed by atoms with Crippen LogP contribution in [0.1, 0.15) is 24.5 Å². The average molecular weight is 467 g/mol. The van der Waals surface area contributed by atoms with Crippen molar-refractivity contribution in [1.29, 1.82) is 5.26 Å². The van der Waals surface area contributed by atoms with Crippen LogP contribution < -0.4 is 15.6 Å². The number of aryl methyl sites for hydroxylation is 1. The quantitative estimate of drug-likeness (QED) is 0.291. The maximum Gasteiger partial charge on any atom is 0.269 e. The average Bonchev–Trinajstić information content (AvgIpc) is 2.81. The van der Waals surface area contributed by atoms with E-state index < -0.39 is 11.5 Å². The minimum atomic E-state index is -0.605. The predicted octanol–water partition coefficient (Wildman–Crippen LogP) is 3.90. The molecule has 3 rings (SSSR count).